The summed E-state index contributed by atoms with van der Waals surface area (Å²) in [6.07, 6.45) is 1.86. The van der Waals surface area contributed by atoms with Crippen LogP contribution in [0.25, 0.3) is 0 Å². The number of Topliss-reactive ketones (excluding diaryl/α,β-unsaturated/α-hetero) is 1. The molecule has 0 aliphatic heterocycles. The van der Waals surface area contributed by atoms with Crippen molar-refractivity contribution in [1.29, 1.82) is 0 Å². The molecule has 2 nitrogen and oxygen atoms in total. The molecule has 2 heteroatoms. The van der Waals surface area contributed by atoms with Crippen molar-refractivity contribution in [3.05, 3.63) is 11.6 Å². The first-order valence-electron chi connectivity index (χ1n) is 4.31. The second kappa shape index (κ2) is 5.09. The maximum Gasteiger partial charge on any atom is 0.155 e. The maximum absolute atomic E-state index is 10.8. The summed E-state index contributed by atoms with van der Waals surface area (Å²) >= 11 is 0. The van der Waals surface area contributed by atoms with Crippen molar-refractivity contribution in [2.75, 3.05) is 0 Å². The number of rotatable bonds is 4. The van der Waals surface area contributed by atoms with Gasteiger partial charge >= 0.3 is 0 Å². The molecular weight excluding hydrogens is 152 g/mol. The Morgan fingerprint density at radius 3 is 2.25 bits per heavy atom. The van der Waals surface area contributed by atoms with E-state index in [1.54, 1.807) is 13.0 Å². The Bertz CT molecular complexity index is 180. The van der Waals surface area contributed by atoms with Crippen LogP contribution in [-0.2, 0) is 4.79 Å². The van der Waals surface area contributed by atoms with Crippen molar-refractivity contribution in [1.82, 2.24) is 0 Å². The van der Waals surface area contributed by atoms with Crippen molar-refractivity contribution in [2.45, 2.75) is 40.2 Å². The smallest absolute Gasteiger partial charge is 0.155 e. The molecule has 0 bridgehead atoms. The fourth-order valence-corrected chi connectivity index (χ4v) is 0.957. The number of aliphatic hydroxyl groups is 1. The molecular formula is C10H18O2. The van der Waals surface area contributed by atoms with Gasteiger partial charge in [-0.1, -0.05) is 13.8 Å². The van der Waals surface area contributed by atoms with Gasteiger partial charge in [-0.25, -0.2) is 0 Å². The first-order valence-corrected chi connectivity index (χ1v) is 4.31. The molecule has 0 aliphatic carbocycles. The van der Waals surface area contributed by atoms with Crippen LogP contribution in [0.3, 0.4) is 0 Å². The van der Waals surface area contributed by atoms with E-state index < -0.39 is 6.10 Å². The van der Waals surface area contributed by atoms with Crippen LogP contribution in [0.2, 0.25) is 0 Å². The molecule has 0 heterocycles. The molecule has 0 rings (SSSR count). The fourth-order valence-electron chi connectivity index (χ4n) is 0.957. The molecule has 0 saturated carbocycles. The van der Waals surface area contributed by atoms with E-state index in [-0.39, 0.29) is 5.78 Å². The molecule has 1 atom stereocenters. The number of hydrogen-bond acceptors (Lipinski definition) is 2. The zero-order valence-electron chi connectivity index (χ0n) is 8.29. The average molecular weight is 170 g/mol. The van der Waals surface area contributed by atoms with Crippen LogP contribution in [0.1, 0.15) is 34.1 Å². The molecule has 0 spiro atoms. The highest BCUT2D eigenvalue weighted by atomic mass is 16.3. The van der Waals surface area contributed by atoms with E-state index in [9.17, 15) is 9.90 Å². The van der Waals surface area contributed by atoms with Gasteiger partial charge in [0.1, 0.15) is 0 Å². The number of carbonyl (C=O) groups is 1. The lowest BCUT2D eigenvalue weighted by atomic mass is 10.0. The highest BCUT2D eigenvalue weighted by Crippen LogP contribution is 2.07. The Hall–Kier alpha value is -0.630. The third-order valence-electron chi connectivity index (χ3n) is 1.71. The summed E-state index contributed by atoms with van der Waals surface area (Å²) in [6, 6.07) is 0. The zero-order valence-corrected chi connectivity index (χ0v) is 8.29. The van der Waals surface area contributed by atoms with Gasteiger partial charge in [0.2, 0.25) is 0 Å². The second-order valence-electron chi connectivity index (χ2n) is 3.60. The molecule has 0 radical (unpaired) electrons. The Morgan fingerprint density at radius 1 is 1.42 bits per heavy atom. The van der Waals surface area contributed by atoms with Crippen LogP contribution in [0.5, 0.6) is 0 Å². The Balaban J connectivity index is 4.05. The summed E-state index contributed by atoms with van der Waals surface area (Å²) in [4.78, 5) is 10.8. The topological polar surface area (TPSA) is 37.3 Å². The van der Waals surface area contributed by atoms with Gasteiger partial charge in [-0.05, 0) is 37.8 Å². The summed E-state index contributed by atoms with van der Waals surface area (Å²) in [6.45, 7) is 7.32. The van der Waals surface area contributed by atoms with Gasteiger partial charge in [0, 0.05) is 0 Å². The summed E-state index contributed by atoms with van der Waals surface area (Å²) in [7, 11) is 0. The lowest BCUT2D eigenvalue weighted by Crippen LogP contribution is -2.08. The number of aliphatic hydroxyl groups excluding tert-OH is 1. The van der Waals surface area contributed by atoms with Crippen molar-refractivity contribution >= 4 is 5.78 Å². The monoisotopic (exact) mass is 170 g/mol. The summed E-state index contributed by atoms with van der Waals surface area (Å²) < 4.78 is 0. The molecule has 0 fully saturated rings. The van der Waals surface area contributed by atoms with Crippen LogP contribution in [-0.4, -0.2) is 17.0 Å². The van der Waals surface area contributed by atoms with Crippen LogP contribution >= 0.6 is 0 Å². The van der Waals surface area contributed by atoms with Crippen LogP contribution in [0.4, 0.5) is 0 Å². The van der Waals surface area contributed by atoms with Crippen molar-refractivity contribution in [3.8, 4) is 0 Å². The zero-order chi connectivity index (χ0) is 9.72. The lowest BCUT2D eigenvalue weighted by molar-refractivity contribution is -0.113. The van der Waals surface area contributed by atoms with E-state index in [0.717, 1.165) is 0 Å². The molecule has 1 N–H and O–H groups in total. The quantitative estimate of drug-likeness (QED) is 0.654. The Morgan fingerprint density at radius 2 is 1.92 bits per heavy atom. The van der Waals surface area contributed by atoms with E-state index in [4.69, 9.17) is 0 Å². The predicted molar refractivity (Wildman–Crippen MR) is 49.9 cm³/mol. The molecule has 0 aromatic carbocycles. The van der Waals surface area contributed by atoms with Gasteiger partial charge in [0.05, 0.1) is 6.10 Å². The first-order chi connectivity index (χ1) is 5.43. The number of ketones is 1. The minimum absolute atomic E-state index is 0.0257. The number of carbonyl (C=O) groups excluding carboxylic acids is 1. The molecule has 0 aromatic rings. The molecule has 12 heavy (non-hydrogen) atoms. The third kappa shape index (κ3) is 5.08. The van der Waals surface area contributed by atoms with E-state index in [1.165, 1.54) is 6.92 Å². The van der Waals surface area contributed by atoms with Crippen LogP contribution in [0.15, 0.2) is 11.6 Å². The predicted octanol–water partition coefficient (Wildman–Crippen LogP) is 1.93. The SMILES string of the molecule is CC(=O)C(C)=CC(O)CC(C)C. The van der Waals surface area contributed by atoms with Crippen LogP contribution < -0.4 is 0 Å². The first kappa shape index (κ1) is 11.4. The molecule has 0 amide bonds. The van der Waals surface area contributed by atoms with E-state index in [2.05, 4.69) is 0 Å². The van der Waals surface area contributed by atoms with E-state index in [0.29, 0.717) is 17.9 Å². The molecule has 0 saturated heterocycles. The summed E-state index contributed by atoms with van der Waals surface area (Å²) in [5.74, 6) is 0.480. The molecule has 0 aliphatic rings. The van der Waals surface area contributed by atoms with Gasteiger partial charge in [0.25, 0.3) is 0 Å². The lowest BCUT2D eigenvalue weighted by Gasteiger charge is -2.08. The molecule has 0 aromatic heterocycles. The minimum Gasteiger partial charge on any atom is -0.389 e. The van der Waals surface area contributed by atoms with Crippen molar-refractivity contribution in [2.24, 2.45) is 5.92 Å². The van der Waals surface area contributed by atoms with Crippen molar-refractivity contribution in [3.63, 3.8) is 0 Å². The summed E-state index contributed by atoms with van der Waals surface area (Å²) in [5.41, 5.74) is 0.642. The Labute approximate surface area is 74.3 Å². The molecule has 1 unspecified atom stereocenters. The average Bonchev–Trinajstić information content (AvgIpc) is 1.84. The largest absolute Gasteiger partial charge is 0.389 e. The van der Waals surface area contributed by atoms with Gasteiger partial charge in [-0.2, -0.15) is 0 Å². The van der Waals surface area contributed by atoms with Gasteiger partial charge in [-0.3, -0.25) is 4.79 Å². The van der Waals surface area contributed by atoms with E-state index >= 15 is 0 Å². The number of allylic oxidation sites excluding steroid dienone is 1. The van der Waals surface area contributed by atoms with Crippen molar-refractivity contribution < 1.29 is 9.90 Å². The normalized spacial score (nSPS) is 15.0. The molecule has 70 valence electrons. The third-order valence-corrected chi connectivity index (χ3v) is 1.71. The van der Waals surface area contributed by atoms with Gasteiger partial charge in [-0.15, -0.1) is 0 Å². The van der Waals surface area contributed by atoms with Crippen LogP contribution in [0, 0.1) is 5.92 Å². The second-order valence-corrected chi connectivity index (χ2v) is 3.60. The Kier molecular flexibility index (Phi) is 4.83. The maximum atomic E-state index is 10.8. The van der Waals surface area contributed by atoms with E-state index in [1.807, 2.05) is 13.8 Å². The van der Waals surface area contributed by atoms with Gasteiger partial charge in [0.15, 0.2) is 5.78 Å². The highest BCUT2D eigenvalue weighted by molar-refractivity contribution is 5.92. The minimum atomic E-state index is -0.478. The fraction of sp³-hybridized carbons (Fsp3) is 0.700. The summed E-state index contributed by atoms with van der Waals surface area (Å²) in [5, 5.41) is 9.41. The number of hydrogen-bond donors (Lipinski definition) is 1. The highest BCUT2D eigenvalue weighted by Gasteiger charge is 2.05. The van der Waals surface area contributed by atoms with Gasteiger partial charge < -0.3 is 5.11 Å². The standard InChI is InChI=1S/C10H18O2/c1-7(2)5-10(12)6-8(3)9(4)11/h6-7,10,12H,5H2,1-4H3.